The molecule has 0 spiro atoms. The van der Waals surface area contributed by atoms with Gasteiger partial charge in [0.15, 0.2) is 11.5 Å². The van der Waals surface area contributed by atoms with E-state index >= 15 is 0 Å². The van der Waals surface area contributed by atoms with Gasteiger partial charge in [-0.2, -0.15) is 0 Å². The lowest BCUT2D eigenvalue weighted by atomic mass is 9.91. The van der Waals surface area contributed by atoms with Crippen LogP contribution in [-0.2, 0) is 5.41 Å². The van der Waals surface area contributed by atoms with Crippen LogP contribution in [-0.4, -0.2) is 43.3 Å². The maximum atomic E-state index is 4.94. The topological polar surface area (TPSA) is 59.2 Å². The molecule has 3 aromatic heterocycles. The van der Waals surface area contributed by atoms with Crippen molar-refractivity contribution in [1.29, 1.82) is 0 Å². The summed E-state index contributed by atoms with van der Waals surface area (Å²) in [6.07, 6.45) is 3.11. The molecule has 0 saturated carbocycles. The Morgan fingerprint density at radius 2 is 2.17 bits per heavy atom. The van der Waals surface area contributed by atoms with Crippen molar-refractivity contribution in [3.05, 3.63) is 33.7 Å². The van der Waals surface area contributed by atoms with Crippen molar-refractivity contribution < 1.29 is 0 Å². The van der Waals surface area contributed by atoms with Gasteiger partial charge in [-0.25, -0.2) is 9.50 Å². The highest BCUT2D eigenvalue weighted by molar-refractivity contribution is 7.79. The summed E-state index contributed by atoms with van der Waals surface area (Å²) in [6, 6.07) is 2.17. The largest absolute Gasteiger partial charge is 0.369 e. The van der Waals surface area contributed by atoms with Crippen molar-refractivity contribution >= 4 is 40.3 Å². The maximum Gasteiger partial charge on any atom is 0.185 e. The van der Waals surface area contributed by atoms with Gasteiger partial charge in [0.1, 0.15) is 10.0 Å². The smallest absolute Gasteiger partial charge is 0.185 e. The number of pyridine rings is 1. The maximum absolute atomic E-state index is 4.94. The lowest BCUT2D eigenvalue weighted by Crippen LogP contribution is -2.28. The molecule has 0 radical (unpaired) electrons. The lowest BCUT2D eigenvalue weighted by molar-refractivity contribution is 0.522. The summed E-state index contributed by atoms with van der Waals surface area (Å²) in [5.41, 5.74) is 3.17. The number of aryl methyl sites for hydroxylation is 2. The number of fused-ring (bicyclic) bond motifs is 1. The number of hydrogen-bond acceptors (Lipinski definition) is 7. The summed E-state index contributed by atoms with van der Waals surface area (Å²) in [4.78, 5) is 6.83. The highest BCUT2D eigenvalue weighted by atomic mass is 32.1. The second kappa shape index (κ2) is 5.56. The number of anilines is 1. The molecule has 1 aliphatic heterocycles. The predicted octanol–water partition coefficient (Wildman–Crippen LogP) is 2.71. The van der Waals surface area contributed by atoms with Crippen molar-refractivity contribution in [2.24, 2.45) is 0 Å². The first kappa shape index (κ1) is 15.6. The second-order valence-corrected chi connectivity index (χ2v) is 8.01. The Bertz CT molecular complexity index is 930. The van der Waals surface area contributed by atoms with Crippen molar-refractivity contribution in [2.45, 2.75) is 32.6 Å². The van der Waals surface area contributed by atoms with Gasteiger partial charge in [0.2, 0.25) is 0 Å². The first-order valence-corrected chi connectivity index (χ1v) is 9.15. The van der Waals surface area contributed by atoms with Gasteiger partial charge < -0.3 is 4.90 Å². The summed E-state index contributed by atoms with van der Waals surface area (Å²) in [7, 11) is 0. The quantitative estimate of drug-likeness (QED) is 0.671. The Labute approximate surface area is 149 Å². The molecule has 124 valence electrons. The van der Waals surface area contributed by atoms with Gasteiger partial charge in [0.05, 0.1) is 11.9 Å². The van der Waals surface area contributed by atoms with E-state index in [2.05, 4.69) is 45.1 Å². The molecule has 1 fully saturated rings. The first-order chi connectivity index (χ1) is 11.5. The van der Waals surface area contributed by atoms with Crippen LogP contribution in [0.5, 0.6) is 0 Å². The molecule has 0 aliphatic carbocycles. The number of nitrogens with zero attached hydrogens (tertiary/aromatic N) is 6. The van der Waals surface area contributed by atoms with E-state index in [4.69, 9.17) is 12.2 Å². The first-order valence-electron chi connectivity index (χ1n) is 7.86. The SMILES string of the molecule is Cc1nnc(C2(C)CCN(c3cc(C)c4nc(C=S)nn4c3)C2)s1. The molecule has 1 saturated heterocycles. The number of aromatic nitrogens is 5. The third-order valence-electron chi connectivity index (χ3n) is 4.61. The molecule has 0 aromatic carbocycles. The van der Waals surface area contributed by atoms with Gasteiger partial charge in [-0.05, 0) is 31.9 Å². The highest BCUT2D eigenvalue weighted by Gasteiger charge is 2.38. The van der Waals surface area contributed by atoms with Crippen molar-refractivity contribution in [3.8, 4) is 0 Å². The fourth-order valence-electron chi connectivity index (χ4n) is 3.27. The number of hydrogen-bond donors (Lipinski definition) is 0. The van der Waals surface area contributed by atoms with Crippen molar-refractivity contribution in [2.75, 3.05) is 18.0 Å². The molecule has 0 bridgehead atoms. The molecule has 0 amide bonds. The van der Waals surface area contributed by atoms with E-state index in [1.165, 1.54) is 5.37 Å². The molecule has 0 N–H and O–H groups in total. The van der Waals surface area contributed by atoms with Gasteiger partial charge in [0, 0.05) is 23.9 Å². The van der Waals surface area contributed by atoms with Crippen LogP contribution in [0.3, 0.4) is 0 Å². The minimum absolute atomic E-state index is 0.0523. The molecule has 3 aromatic rings. The molecule has 1 aliphatic rings. The van der Waals surface area contributed by atoms with Crippen LogP contribution >= 0.6 is 23.6 Å². The van der Waals surface area contributed by atoms with E-state index < -0.39 is 0 Å². The minimum atomic E-state index is 0.0523. The third kappa shape index (κ3) is 2.50. The predicted molar refractivity (Wildman–Crippen MR) is 99.3 cm³/mol. The van der Waals surface area contributed by atoms with Crippen LogP contribution in [0, 0.1) is 13.8 Å². The fourth-order valence-corrected chi connectivity index (χ4v) is 4.22. The van der Waals surface area contributed by atoms with E-state index in [1.807, 2.05) is 17.6 Å². The lowest BCUT2D eigenvalue weighted by Gasteiger charge is -2.23. The highest BCUT2D eigenvalue weighted by Crippen LogP contribution is 2.37. The van der Waals surface area contributed by atoms with Gasteiger partial charge in [0.25, 0.3) is 0 Å². The van der Waals surface area contributed by atoms with E-state index in [-0.39, 0.29) is 5.41 Å². The number of rotatable bonds is 3. The number of thiocarbonyl (C=S) groups is 1. The van der Waals surface area contributed by atoms with Gasteiger partial charge >= 0.3 is 0 Å². The van der Waals surface area contributed by atoms with E-state index in [0.717, 1.165) is 46.4 Å². The summed E-state index contributed by atoms with van der Waals surface area (Å²) in [5, 5.41) is 16.6. The van der Waals surface area contributed by atoms with Gasteiger partial charge in [-0.15, -0.1) is 26.6 Å². The van der Waals surface area contributed by atoms with Crippen LogP contribution in [0.1, 0.15) is 34.7 Å². The van der Waals surface area contributed by atoms with Crippen molar-refractivity contribution in [3.63, 3.8) is 0 Å². The molecule has 4 rings (SSSR count). The average molecular weight is 358 g/mol. The zero-order valence-electron chi connectivity index (χ0n) is 13.9. The molecule has 1 unspecified atom stereocenters. The Morgan fingerprint density at radius 1 is 1.33 bits per heavy atom. The van der Waals surface area contributed by atoms with Crippen LogP contribution < -0.4 is 4.90 Å². The normalized spacial score (nSPS) is 20.9. The molecule has 6 nitrogen and oxygen atoms in total. The monoisotopic (exact) mass is 358 g/mol. The van der Waals surface area contributed by atoms with Crippen LogP contribution in [0.2, 0.25) is 0 Å². The van der Waals surface area contributed by atoms with Gasteiger partial charge in [-0.3, -0.25) is 0 Å². The zero-order valence-corrected chi connectivity index (χ0v) is 15.5. The zero-order chi connectivity index (χ0) is 16.9. The van der Waals surface area contributed by atoms with E-state index in [0.29, 0.717) is 5.82 Å². The van der Waals surface area contributed by atoms with Crippen LogP contribution in [0.25, 0.3) is 5.65 Å². The Hall–Kier alpha value is -1.93. The Balaban J connectivity index is 1.67. The molecule has 1 atom stereocenters. The van der Waals surface area contributed by atoms with Crippen molar-refractivity contribution in [1.82, 2.24) is 24.8 Å². The third-order valence-corrected chi connectivity index (χ3v) is 5.96. The van der Waals surface area contributed by atoms with Crippen LogP contribution in [0.15, 0.2) is 12.3 Å². The summed E-state index contributed by atoms with van der Waals surface area (Å²) >= 11 is 6.64. The average Bonchev–Trinajstić information content (AvgIpc) is 3.25. The molecule has 4 heterocycles. The van der Waals surface area contributed by atoms with Crippen LogP contribution in [0.4, 0.5) is 5.69 Å². The Morgan fingerprint density at radius 3 is 2.88 bits per heavy atom. The molecular weight excluding hydrogens is 340 g/mol. The molecular formula is C16H18N6S2. The van der Waals surface area contributed by atoms with Gasteiger partial charge in [-0.1, -0.05) is 19.1 Å². The summed E-state index contributed by atoms with van der Waals surface area (Å²) in [5.74, 6) is 0.584. The minimum Gasteiger partial charge on any atom is -0.369 e. The summed E-state index contributed by atoms with van der Waals surface area (Å²) < 4.78 is 1.83. The van der Waals surface area contributed by atoms with E-state index in [9.17, 15) is 0 Å². The standard InChI is InChI=1S/C16H18N6S2/c1-10-6-12(7-22-14(10)17-13(8-23)20-22)21-5-4-16(3,9-21)15-19-18-11(2)24-15/h6-8H,4-5,9H2,1-3H3. The van der Waals surface area contributed by atoms with E-state index in [1.54, 1.807) is 11.3 Å². The molecule has 8 heteroatoms. The second-order valence-electron chi connectivity index (χ2n) is 6.60. The molecule has 24 heavy (non-hydrogen) atoms. The fraction of sp³-hybridized carbons (Fsp3) is 0.438. The Kier molecular flexibility index (Phi) is 3.61. The summed E-state index contributed by atoms with van der Waals surface area (Å²) in [6.45, 7) is 8.27.